The summed E-state index contributed by atoms with van der Waals surface area (Å²) in [6, 6.07) is 18.8. The molecule has 0 radical (unpaired) electrons. The van der Waals surface area contributed by atoms with E-state index in [0.717, 1.165) is 33.3 Å². The van der Waals surface area contributed by atoms with Gasteiger partial charge < -0.3 is 19.0 Å². The van der Waals surface area contributed by atoms with E-state index in [1.165, 1.54) is 5.56 Å². The van der Waals surface area contributed by atoms with Crippen molar-refractivity contribution in [3.8, 4) is 28.6 Å². The molecule has 4 aromatic rings. The minimum Gasteiger partial charge on any atom is -0.508 e. The Kier molecular flexibility index (Phi) is 4.02. The quantitative estimate of drug-likeness (QED) is 0.503. The number of aryl methyl sites for hydroxylation is 2. The minimum atomic E-state index is 0.167. The van der Waals surface area contributed by atoms with Crippen molar-refractivity contribution in [3.63, 3.8) is 0 Å². The first-order chi connectivity index (χ1) is 14.1. The Morgan fingerprint density at radius 1 is 0.862 bits per heavy atom. The van der Waals surface area contributed by atoms with Gasteiger partial charge in [0.25, 0.3) is 0 Å². The fraction of sp³-hybridized carbons (Fsp3) is 0.125. The first kappa shape index (κ1) is 17.4. The van der Waals surface area contributed by atoms with Crippen LogP contribution in [0.1, 0.15) is 11.1 Å². The molecule has 0 fully saturated rings. The zero-order valence-electron chi connectivity index (χ0n) is 16.1. The molecule has 3 aromatic carbocycles. The molecule has 0 aliphatic carbocycles. The Hall–Kier alpha value is -3.73. The van der Waals surface area contributed by atoms with Gasteiger partial charge in [-0.3, -0.25) is 0 Å². The number of benzene rings is 3. The van der Waals surface area contributed by atoms with Crippen molar-refractivity contribution in [2.75, 3.05) is 6.79 Å². The summed E-state index contributed by atoms with van der Waals surface area (Å²) in [5, 5.41) is 11.5. The van der Waals surface area contributed by atoms with Crippen LogP contribution in [-0.2, 0) is 0 Å². The van der Waals surface area contributed by atoms with Gasteiger partial charge in [0.15, 0.2) is 11.5 Å². The highest BCUT2D eigenvalue weighted by Gasteiger charge is 2.15. The smallest absolute Gasteiger partial charge is 0.231 e. The van der Waals surface area contributed by atoms with E-state index in [4.69, 9.17) is 18.9 Å². The molecule has 5 rings (SSSR count). The van der Waals surface area contributed by atoms with Crippen LogP contribution in [0.15, 0.2) is 70.1 Å². The van der Waals surface area contributed by atoms with Crippen molar-refractivity contribution in [3.05, 3.63) is 77.1 Å². The number of hydrogen-bond acceptors (Lipinski definition) is 5. The number of aromatic hydroxyl groups is 1. The second-order valence-electron chi connectivity index (χ2n) is 7.15. The van der Waals surface area contributed by atoms with Crippen molar-refractivity contribution in [2.24, 2.45) is 4.99 Å². The first-order valence-corrected chi connectivity index (χ1v) is 9.36. The molecule has 1 aliphatic heterocycles. The van der Waals surface area contributed by atoms with Gasteiger partial charge in [0.1, 0.15) is 17.1 Å². The summed E-state index contributed by atoms with van der Waals surface area (Å²) < 4.78 is 17.0. The summed E-state index contributed by atoms with van der Waals surface area (Å²) in [5.41, 5.74) is 4.66. The lowest BCUT2D eigenvalue weighted by Gasteiger charge is -2.07. The lowest BCUT2D eigenvalue weighted by molar-refractivity contribution is 0.174. The van der Waals surface area contributed by atoms with Crippen LogP contribution in [0.4, 0.5) is 5.69 Å². The molecule has 29 heavy (non-hydrogen) atoms. The SMILES string of the molecule is Cc1ccc(N=c2cc(-c3ccc4c(c3)OCO4)oc3ccc(O)cc23)c(C)c1. The number of nitrogens with zero attached hydrogens (tertiary/aromatic N) is 1. The predicted molar refractivity (Wildman–Crippen MR) is 111 cm³/mol. The molecule has 0 atom stereocenters. The van der Waals surface area contributed by atoms with Gasteiger partial charge in [-0.1, -0.05) is 17.7 Å². The molecular weight excluding hydrogens is 366 g/mol. The van der Waals surface area contributed by atoms with E-state index in [1.54, 1.807) is 18.2 Å². The Balaban J connectivity index is 1.75. The average Bonchev–Trinajstić information content (AvgIpc) is 3.18. The summed E-state index contributed by atoms with van der Waals surface area (Å²) >= 11 is 0. The Morgan fingerprint density at radius 2 is 1.72 bits per heavy atom. The largest absolute Gasteiger partial charge is 0.508 e. The third kappa shape index (κ3) is 3.21. The second-order valence-corrected chi connectivity index (χ2v) is 7.15. The van der Waals surface area contributed by atoms with Gasteiger partial charge >= 0.3 is 0 Å². The minimum absolute atomic E-state index is 0.167. The number of rotatable bonds is 2. The van der Waals surface area contributed by atoms with Gasteiger partial charge in [-0.15, -0.1) is 0 Å². The molecule has 2 heterocycles. The van der Waals surface area contributed by atoms with E-state index >= 15 is 0 Å². The zero-order valence-corrected chi connectivity index (χ0v) is 16.1. The van der Waals surface area contributed by atoms with Crippen LogP contribution in [-0.4, -0.2) is 11.9 Å². The van der Waals surface area contributed by atoms with Crippen LogP contribution in [0, 0.1) is 13.8 Å². The number of phenolic OH excluding ortho intramolecular Hbond substituents is 1. The maximum absolute atomic E-state index is 9.99. The van der Waals surface area contributed by atoms with E-state index in [0.29, 0.717) is 17.1 Å². The van der Waals surface area contributed by atoms with Gasteiger partial charge in [-0.2, -0.15) is 0 Å². The van der Waals surface area contributed by atoms with E-state index in [-0.39, 0.29) is 12.5 Å². The van der Waals surface area contributed by atoms with Gasteiger partial charge in [0.05, 0.1) is 11.0 Å². The molecule has 5 nitrogen and oxygen atoms in total. The molecule has 0 spiro atoms. The molecule has 0 saturated heterocycles. The fourth-order valence-electron chi connectivity index (χ4n) is 3.50. The summed E-state index contributed by atoms with van der Waals surface area (Å²) in [5.74, 6) is 2.24. The number of phenols is 1. The highest BCUT2D eigenvalue weighted by atomic mass is 16.7. The fourth-order valence-corrected chi connectivity index (χ4v) is 3.50. The van der Waals surface area contributed by atoms with Crippen LogP contribution in [0.3, 0.4) is 0 Å². The van der Waals surface area contributed by atoms with Crippen molar-refractivity contribution in [1.82, 2.24) is 0 Å². The molecule has 1 aliphatic rings. The number of hydrogen-bond donors (Lipinski definition) is 1. The third-order valence-corrected chi connectivity index (χ3v) is 4.98. The van der Waals surface area contributed by atoms with E-state index in [9.17, 15) is 5.11 Å². The maximum Gasteiger partial charge on any atom is 0.231 e. The summed E-state index contributed by atoms with van der Waals surface area (Å²) in [6.45, 7) is 4.32. The standard InChI is InChI=1S/C24H19NO4/c1-14-3-6-19(15(2)9-14)25-20-12-23(29-21-8-5-17(26)11-18(20)21)16-4-7-22-24(10-16)28-13-27-22/h3-12,26H,13H2,1-2H3. The van der Waals surface area contributed by atoms with Crippen LogP contribution < -0.4 is 14.8 Å². The van der Waals surface area contributed by atoms with Crippen molar-refractivity contribution in [2.45, 2.75) is 13.8 Å². The topological polar surface area (TPSA) is 64.2 Å². The molecule has 0 saturated carbocycles. The molecule has 1 N–H and O–H groups in total. The van der Waals surface area contributed by atoms with Gasteiger partial charge in [-0.25, -0.2) is 4.99 Å². The number of fused-ring (bicyclic) bond motifs is 2. The second kappa shape index (κ2) is 6.71. The molecule has 1 aromatic heterocycles. The molecule has 0 amide bonds. The highest BCUT2D eigenvalue weighted by molar-refractivity contribution is 5.80. The van der Waals surface area contributed by atoms with Gasteiger partial charge in [0.2, 0.25) is 6.79 Å². The molecule has 0 unspecified atom stereocenters. The van der Waals surface area contributed by atoms with Crippen LogP contribution >= 0.6 is 0 Å². The summed E-state index contributed by atoms with van der Waals surface area (Å²) in [4.78, 5) is 4.88. The van der Waals surface area contributed by atoms with Gasteiger partial charge in [0, 0.05) is 17.0 Å². The lowest BCUT2D eigenvalue weighted by Crippen LogP contribution is -2.03. The lowest BCUT2D eigenvalue weighted by atomic mass is 10.1. The summed E-state index contributed by atoms with van der Waals surface area (Å²) in [7, 11) is 0. The van der Waals surface area contributed by atoms with Crippen LogP contribution in [0.25, 0.3) is 22.3 Å². The maximum atomic E-state index is 9.99. The van der Waals surface area contributed by atoms with E-state index in [1.807, 2.05) is 43.3 Å². The monoisotopic (exact) mass is 385 g/mol. The normalized spacial score (nSPS) is 13.2. The Morgan fingerprint density at radius 3 is 2.59 bits per heavy atom. The summed E-state index contributed by atoms with van der Waals surface area (Å²) in [6.07, 6.45) is 0. The number of ether oxygens (including phenoxy) is 2. The van der Waals surface area contributed by atoms with Crippen LogP contribution in [0.2, 0.25) is 0 Å². The van der Waals surface area contributed by atoms with Gasteiger partial charge in [-0.05, 0) is 61.9 Å². The van der Waals surface area contributed by atoms with Crippen molar-refractivity contribution < 1.29 is 19.0 Å². The molecule has 144 valence electrons. The first-order valence-electron chi connectivity index (χ1n) is 9.36. The predicted octanol–water partition coefficient (Wildman–Crippen LogP) is 5.38. The Labute approximate surface area is 167 Å². The van der Waals surface area contributed by atoms with Crippen molar-refractivity contribution in [1.29, 1.82) is 0 Å². The average molecular weight is 385 g/mol. The molecule has 0 bridgehead atoms. The van der Waals surface area contributed by atoms with Crippen molar-refractivity contribution >= 4 is 16.7 Å². The Bertz CT molecular complexity index is 1320. The molecular formula is C24H19NO4. The zero-order chi connectivity index (χ0) is 20.0. The molecule has 5 heteroatoms. The van der Waals surface area contributed by atoms with E-state index in [2.05, 4.69) is 13.0 Å². The van der Waals surface area contributed by atoms with E-state index < -0.39 is 0 Å². The highest BCUT2D eigenvalue weighted by Crippen LogP contribution is 2.36. The van der Waals surface area contributed by atoms with Crippen LogP contribution in [0.5, 0.6) is 17.2 Å². The third-order valence-electron chi connectivity index (χ3n) is 4.98.